The monoisotopic (exact) mass is 300 g/mol. The molecule has 3 rings (SSSR count). The number of nitrogens with one attached hydrogen (secondary N) is 2. The third kappa shape index (κ3) is 3.48. The van der Waals surface area contributed by atoms with E-state index in [0.717, 1.165) is 43.3 Å². The number of hydrogen-bond acceptors (Lipinski definition) is 4. The zero-order valence-electron chi connectivity index (χ0n) is 13.2. The lowest BCUT2D eigenvalue weighted by molar-refractivity contribution is 0.199. The highest BCUT2D eigenvalue weighted by molar-refractivity contribution is 5.38. The molecule has 3 N–H and O–H groups in total. The molecule has 1 aliphatic heterocycles. The molecule has 0 aliphatic carbocycles. The van der Waals surface area contributed by atoms with Crippen LogP contribution in [-0.2, 0) is 13.1 Å². The second-order valence-corrected chi connectivity index (χ2v) is 6.15. The summed E-state index contributed by atoms with van der Waals surface area (Å²) in [4.78, 5) is 0. The lowest BCUT2D eigenvalue weighted by Gasteiger charge is -2.25. The van der Waals surface area contributed by atoms with Crippen molar-refractivity contribution in [2.24, 2.45) is 5.92 Å². The van der Waals surface area contributed by atoms with Crippen LogP contribution in [0.5, 0.6) is 0 Å². The maximum Gasteiger partial charge on any atom is 0.124 e. The van der Waals surface area contributed by atoms with E-state index in [9.17, 15) is 5.11 Å². The topological polar surface area (TPSA) is 62.1 Å². The molecule has 1 aromatic carbocycles. The van der Waals surface area contributed by atoms with Gasteiger partial charge < -0.3 is 15.7 Å². The Hall–Kier alpha value is -1.85. The van der Waals surface area contributed by atoms with Crippen LogP contribution in [0.3, 0.4) is 0 Å². The van der Waals surface area contributed by atoms with E-state index >= 15 is 0 Å². The number of benzene rings is 1. The van der Waals surface area contributed by atoms with Gasteiger partial charge >= 0.3 is 0 Å². The average molecular weight is 300 g/mol. The largest absolute Gasteiger partial charge is 0.389 e. The number of aryl methyl sites for hydroxylation is 1. The lowest BCUT2D eigenvalue weighted by Crippen LogP contribution is -2.35. The molecule has 2 aromatic rings. The number of nitrogens with zero attached hydrogens (tertiary/aromatic N) is 2. The van der Waals surface area contributed by atoms with Gasteiger partial charge in [-0.2, -0.15) is 5.10 Å². The van der Waals surface area contributed by atoms with Gasteiger partial charge in [0.25, 0.3) is 0 Å². The molecular weight excluding hydrogens is 276 g/mol. The number of fused-ring (bicyclic) bond motifs is 1. The van der Waals surface area contributed by atoms with Gasteiger partial charge in [0, 0.05) is 38.2 Å². The van der Waals surface area contributed by atoms with Crippen LogP contribution in [0.1, 0.15) is 29.8 Å². The molecule has 0 fully saturated rings. The molecule has 1 aliphatic rings. The molecule has 2 heterocycles. The van der Waals surface area contributed by atoms with Crippen molar-refractivity contribution in [3.8, 4) is 0 Å². The summed E-state index contributed by atoms with van der Waals surface area (Å²) in [5, 5.41) is 21.0. The number of aliphatic hydroxyl groups is 1. The first-order valence-corrected chi connectivity index (χ1v) is 7.88. The second-order valence-electron chi connectivity index (χ2n) is 6.15. The maximum absolute atomic E-state index is 9.51. The van der Waals surface area contributed by atoms with Crippen LogP contribution >= 0.6 is 0 Å². The standard InChI is InChI=1S/C17H24N4O/c1-12-7-17-19-10-15(11-21(17)20-12)9-18-8-14-3-5-16(6-4-14)13(2)22/h3-7,13,15,18-19,22H,8-11H2,1-2H3/t13-,15+/m0/s1. The summed E-state index contributed by atoms with van der Waals surface area (Å²) in [6.45, 7) is 7.57. The number of aliphatic hydroxyl groups excluding tert-OH is 1. The Morgan fingerprint density at radius 3 is 2.91 bits per heavy atom. The Morgan fingerprint density at radius 2 is 2.18 bits per heavy atom. The Balaban J connectivity index is 1.47. The Bertz CT molecular complexity index is 618. The zero-order valence-corrected chi connectivity index (χ0v) is 13.2. The smallest absolute Gasteiger partial charge is 0.124 e. The Kier molecular flexibility index (Phi) is 4.45. The van der Waals surface area contributed by atoms with Crippen LogP contribution in [0.15, 0.2) is 30.3 Å². The molecule has 5 nitrogen and oxygen atoms in total. The number of aromatic nitrogens is 2. The Labute approximate surface area is 131 Å². The number of anilines is 1. The Morgan fingerprint density at radius 1 is 1.41 bits per heavy atom. The normalized spacial score (nSPS) is 18.6. The van der Waals surface area contributed by atoms with Gasteiger partial charge in [-0.05, 0) is 25.0 Å². The third-order valence-electron chi connectivity index (χ3n) is 4.13. The average Bonchev–Trinajstić information content (AvgIpc) is 2.87. The van der Waals surface area contributed by atoms with Crippen molar-refractivity contribution in [1.29, 1.82) is 0 Å². The van der Waals surface area contributed by atoms with Crippen molar-refractivity contribution < 1.29 is 5.11 Å². The first-order valence-electron chi connectivity index (χ1n) is 7.88. The molecule has 0 saturated carbocycles. The molecule has 0 unspecified atom stereocenters. The molecule has 0 radical (unpaired) electrons. The van der Waals surface area contributed by atoms with Gasteiger partial charge in [-0.1, -0.05) is 24.3 Å². The van der Waals surface area contributed by atoms with E-state index in [1.54, 1.807) is 6.92 Å². The van der Waals surface area contributed by atoms with E-state index < -0.39 is 6.10 Å². The van der Waals surface area contributed by atoms with Crippen LogP contribution in [0.4, 0.5) is 5.82 Å². The molecule has 22 heavy (non-hydrogen) atoms. The van der Waals surface area contributed by atoms with Crippen LogP contribution < -0.4 is 10.6 Å². The van der Waals surface area contributed by atoms with Crippen molar-refractivity contribution in [2.45, 2.75) is 33.0 Å². The summed E-state index contributed by atoms with van der Waals surface area (Å²) in [6, 6.07) is 10.2. The zero-order chi connectivity index (χ0) is 15.5. The lowest BCUT2D eigenvalue weighted by atomic mass is 10.1. The van der Waals surface area contributed by atoms with E-state index in [1.807, 2.05) is 19.1 Å². The minimum atomic E-state index is -0.401. The molecule has 5 heteroatoms. The summed E-state index contributed by atoms with van der Waals surface area (Å²) < 4.78 is 2.06. The minimum absolute atomic E-state index is 0.401. The highest BCUT2D eigenvalue weighted by Gasteiger charge is 2.18. The van der Waals surface area contributed by atoms with Gasteiger partial charge in [-0.25, -0.2) is 4.68 Å². The van der Waals surface area contributed by atoms with Crippen molar-refractivity contribution in [3.05, 3.63) is 47.2 Å². The van der Waals surface area contributed by atoms with Gasteiger partial charge in [-0.15, -0.1) is 0 Å². The molecule has 118 valence electrons. The van der Waals surface area contributed by atoms with Gasteiger partial charge in [0.2, 0.25) is 0 Å². The fraction of sp³-hybridized carbons (Fsp3) is 0.471. The fourth-order valence-electron chi connectivity index (χ4n) is 2.86. The van der Waals surface area contributed by atoms with E-state index in [-0.39, 0.29) is 0 Å². The molecule has 0 bridgehead atoms. The summed E-state index contributed by atoms with van der Waals surface area (Å²) in [5.41, 5.74) is 3.26. The van der Waals surface area contributed by atoms with Crippen LogP contribution in [-0.4, -0.2) is 28.0 Å². The summed E-state index contributed by atoms with van der Waals surface area (Å²) in [7, 11) is 0. The van der Waals surface area contributed by atoms with Crippen molar-refractivity contribution in [1.82, 2.24) is 15.1 Å². The SMILES string of the molecule is Cc1cc2n(n1)C[C@H](CNCc1ccc([C@H](C)O)cc1)CN2. The van der Waals surface area contributed by atoms with E-state index in [0.29, 0.717) is 5.92 Å². The quantitative estimate of drug-likeness (QED) is 0.791. The highest BCUT2D eigenvalue weighted by Crippen LogP contribution is 2.18. The van der Waals surface area contributed by atoms with Crippen molar-refractivity contribution >= 4 is 5.82 Å². The van der Waals surface area contributed by atoms with Gasteiger partial charge in [0.05, 0.1) is 11.8 Å². The summed E-state index contributed by atoms with van der Waals surface area (Å²) in [6.07, 6.45) is -0.401. The van der Waals surface area contributed by atoms with E-state index in [2.05, 4.69) is 38.6 Å². The van der Waals surface area contributed by atoms with Crippen LogP contribution in [0.2, 0.25) is 0 Å². The predicted molar refractivity (Wildman–Crippen MR) is 87.7 cm³/mol. The van der Waals surface area contributed by atoms with Crippen molar-refractivity contribution in [2.75, 3.05) is 18.4 Å². The van der Waals surface area contributed by atoms with Crippen molar-refractivity contribution in [3.63, 3.8) is 0 Å². The molecule has 2 atom stereocenters. The fourth-order valence-corrected chi connectivity index (χ4v) is 2.86. The van der Waals surface area contributed by atoms with E-state index in [1.165, 1.54) is 5.56 Å². The summed E-state index contributed by atoms with van der Waals surface area (Å²) >= 11 is 0. The van der Waals surface area contributed by atoms with Gasteiger partial charge in [0.1, 0.15) is 5.82 Å². The molecule has 1 aromatic heterocycles. The van der Waals surface area contributed by atoms with Crippen LogP contribution in [0, 0.1) is 12.8 Å². The van der Waals surface area contributed by atoms with E-state index in [4.69, 9.17) is 0 Å². The first-order chi connectivity index (χ1) is 10.6. The van der Waals surface area contributed by atoms with Crippen LogP contribution in [0.25, 0.3) is 0 Å². The van der Waals surface area contributed by atoms with Gasteiger partial charge in [0.15, 0.2) is 0 Å². The molecule has 0 spiro atoms. The van der Waals surface area contributed by atoms with Gasteiger partial charge in [-0.3, -0.25) is 0 Å². The molecule has 0 amide bonds. The summed E-state index contributed by atoms with van der Waals surface area (Å²) in [5.74, 6) is 1.67. The second kappa shape index (κ2) is 6.50. The molecule has 0 saturated heterocycles. The first kappa shape index (κ1) is 15.1. The number of rotatable bonds is 5. The third-order valence-corrected chi connectivity index (χ3v) is 4.13. The minimum Gasteiger partial charge on any atom is -0.389 e. The maximum atomic E-state index is 9.51. The number of hydrogen-bond donors (Lipinski definition) is 3. The molecular formula is C17H24N4O. The highest BCUT2D eigenvalue weighted by atomic mass is 16.3. The predicted octanol–water partition coefficient (Wildman–Crippen LogP) is 2.08.